The van der Waals surface area contributed by atoms with Crippen LogP contribution in [-0.2, 0) is 14.8 Å². The molecule has 0 radical (unpaired) electrons. The molecule has 10 heteroatoms. The van der Waals surface area contributed by atoms with E-state index >= 15 is 0 Å². The number of sulfonamides is 1. The lowest BCUT2D eigenvalue weighted by Gasteiger charge is -2.39. The molecule has 100 valence electrons. The van der Waals surface area contributed by atoms with Crippen molar-refractivity contribution in [3.63, 3.8) is 0 Å². The van der Waals surface area contributed by atoms with E-state index in [-0.39, 0.29) is 28.5 Å². The first-order valence-corrected chi connectivity index (χ1v) is 7.42. The van der Waals surface area contributed by atoms with Gasteiger partial charge in [-0.15, -0.1) is 10.2 Å². The van der Waals surface area contributed by atoms with Crippen molar-refractivity contribution in [3.8, 4) is 0 Å². The summed E-state index contributed by atoms with van der Waals surface area (Å²) in [5, 5.41) is 9.73. The van der Waals surface area contributed by atoms with Gasteiger partial charge in [0.15, 0.2) is 0 Å². The Morgan fingerprint density at radius 1 is 1.44 bits per heavy atom. The van der Waals surface area contributed by atoms with Crippen molar-refractivity contribution in [2.24, 2.45) is 0 Å². The summed E-state index contributed by atoms with van der Waals surface area (Å²) >= 11 is 0.785. The molecule has 1 saturated heterocycles. The van der Waals surface area contributed by atoms with Gasteiger partial charge in [-0.25, -0.2) is 8.42 Å². The summed E-state index contributed by atoms with van der Waals surface area (Å²) in [5.74, 6) is -0.338. The van der Waals surface area contributed by atoms with Crippen molar-refractivity contribution < 1.29 is 13.2 Å². The third-order valence-corrected chi connectivity index (χ3v) is 5.88. The van der Waals surface area contributed by atoms with E-state index in [1.165, 1.54) is 0 Å². The third-order valence-electron chi connectivity index (χ3n) is 2.71. The first kappa shape index (κ1) is 13.2. The molecule has 1 aromatic heterocycles. The van der Waals surface area contributed by atoms with Crippen LogP contribution >= 0.6 is 11.3 Å². The molecule has 0 saturated carbocycles. The summed E-state index contributed by atoms with van der Waals surface area (Å²) in [6.45, 7) is 3.56. The normalized spacial score (nSPS) is 20.7. The topological polar surface area (TPSA) is 118 Å². The molecular weight excluding hydrogens is 278 g/mol. The number of anilines is 1. The SMILES string of the molecule is CC1(C)C(=O)NCCN1S(=O)(=O)c1nnc(N)s1. The smallest absolute Gasteiger partial charge is 0.273 e. The molecule has 0 unspecified atom stereocenters. The van der Waals surface area contributed by atoms with Gasteiger partial charge in [0.2, 0.25) is 15.4 Å². The molecule has 8 nitrogen and oxygen atoms in total. The highest BCUT2D eigenvalue weighted by Gasteiger charge is 2.46. The Hall–Kier alpha value is -1.26. The summed E-state index contributed by atoms with van der Waals surface area (Å²) in [6.07, 6.45) is 0. The number of nitrogens with one attached hydrogen (secondary N) is 1. The van der Waals surface area contributed by atoms with E-state index in [0.29, 0.717) is 0 Å². The van der Waals surface area contributed by atoms with Gasteiger partial charge in [0.1, 0.15) is 5.54 Å². The predicted molar refractivity (Wildman–Crippen MR) is 65.3 cm³/mol. The van der Waals surface area contributed by atoms with Crippen LogP contribution < -0.4 is 11.1 Å². The maximum Gasteiger partial charge on any atom is 0.273 e. The van der Waals surface area contributed by atoms with Crippen molar-refractivity contribution >= 4 is 32.4 Å². The maximum atomic E-state index is 12.4. The molecule has 0 aliphatic carbocycles. The molecule has 2 rings (SSSR count). The van der Waals surface area contributed by atoms with Crippen molar-refractivity contribution in [1.82, 2.24) is 19.8 Å². The highest BCUT2D eigenvalue weighted by atomic mass is 32.2. The van der Waals surface area contributed by atoms with Gasteiger partial charge in [0.25, 0.3) is 10.0 Å². The largest absolute Gasteiger partial charge is 0.374 e. The number of hydrogen-bond acceptors (Lipinski definition) is 7. The fourth-order valence-corrected chi connectivity index (χ4v) is 4.36. The molecule has 1 aliphatic heterocycles. The maximum absolute atomic E-state index is 12.4. The number of amides is 1. The van der Waals surface area contributed by atoms with E-state index in [9.17, 15) is 13.2 Å². The van der Waals surface area contributed by atoms with Crippen LogP contribution in [0.15, 0.2) is 4.34 Å². The highest BCUT2D eigenvalue weighted by Crippen LogP contribution is 2.28. The highest BCUT2D eigenvalue weighted by molar-refractivity contribution is 7.91. The zero-order valence-electron chi connectivity index (χ0n) is 9.87. The third kappa shape index (κ3) is 1.95. The molecule has 1 aromatic rings. The summed E-state index contributed by atoms with van der Waals surface area (Å²) < 4.78 is 25.7. The fraction of sp³-hybridized carbons (Fsp3) is 0.625. The van der Waals surface area contributed by atoms with Gasteiger partial charge in [0, 0.05) is 13.1 Å². The number of nitrogens with zero attached hydrogens (tertiary/aromatic N) is 3. The quantitative estimate of drug-likeness (QED) is 0.723. The Morgan fingerprint density at radius 3 is 2.67 bits per heavy atom. The average molecular weight is 291 g/mol. The van der Waals surface area contributed by atoms with E-state index in [1.807, 2.05) is 0 Å². The van der Waals surface area contributed by atoms with Crippen molar-refractivity contribution in [1.29, 1.82) is 0 Å². The van der Waals surface area contributed by atoms with Crippen LogP contribution in [0.2, 0.25) is 0 Å². The molecule has 2 heterocycles. The van der Waals surface area contributed by atoms with E-state index < -0.39 is 15.6 Å². The minimum atomic E-state index is -3.84. The van der Waals surface area contributed by atoms with Gasteiger partial charge in [-0.1, -0.05) is 11.3 Å². The van der Waals surface area contributed by atoms with E-state index in [4.69, 9.17) is 5.73 Å². The zero-order chi connectivity index (χ0) is 13.6. The lowest BCUT2D eigenvalue weighted by molar-refractivity contribution is -0.131. The van der Waals surface area contributed by atoms with Gasteiger partial charge in [-0.2, -0.15) is 4.31 Å². The molecule has 0 spiro atoms. The number of nitrogens with two attached hydrogens (primary N) is 1. The van der Waals surface area contributed by atoms with E-state index in [0.717, 1.165) is 15.6 Å². The lowest BCUT2D eigenvalue weighted by Crippen LogP contribution is -2.63. The average Bonchev–Trinajstić information content (AvgIpc) is 2.69. The van der Waals surface area contributed by atoms with Crippen LogP contribution in [0.3, 0.4) is 0 Å². The van der Waals surface area contributed by atoms with E-state index in [2.05, 4.69) is 15.5 Å². The minimum Gasteiger partial charge on any atom is -0.374 e. The Kier molecular flexibility index (Phi) is 3.03. The van der Waals surface area contributed by atoms with E-state index in [1.54, 1.807) is 13.8 Å². The first-order valence-electron chi connectivity index (χ1n) is 5.16. The molecule has 0 atom stereocenters. The second kappa shape index (κ2) is 4.14. The summed E-state index contributed by atoms with van der Waals surface area (Å²) in [7, 11) is -3.84. The number of piperazine rings is 1. The molecule has 1 aliphatic rings. The Labute approximate surface area is 108 Å². The van der Waals surface area contributed by atoms with Crippen LogP contribution in [-0.4, -0.2) is 47.5 Å². The molecule has 0 bridgehead atoms. The second-order valence-electron chi connectivity index (χ2n) is 4.30. The van der Waals surface area contributed by atoms with Crippen LogP contribution in [0.4, 0.5) is 5.13 Å². The van der Waals surface area contributed by atoms with Gasteiger partial charge < -0.3 is 11.1 Å². The van der Waals surface area contributed by atoms with Crippen molar-refractivity contribution in [2.75, 3.05) is 18.8 Å². The van der Waals surface area contributed by atoms with Crippen molar-refractivity contribution in [3.05, 3.63) is 0 Å². The number of carbonyl (C=O) groups excluding carboxylic acids is 1. The molecule has 0 aromatic carbocycles. The number of hydrogen-bond donors (Lipinski definition) is 2. The van der Waals surface area contributed by atoms with Gasteiger partial charge in [0.05, 0.1) is 0 Å². The van der Waals surface area contributed by atoms with Crippen LogP contribution in [0.5, 0.6) is 0 Å². The van der Waals surface area contributed by atoms with Gasteiger partial charge in [-0.05, 0) is 13.8 Å². The van der Waals surface area contributed by atoms with Crippen LogP contribution in [0.25, 0.3) is 0 Å². The number of rotatable bonds is 2. The molecule has 3 N–H and O–H groups in total. The minimum absolute atomic E-state index is 0.0767. The summed E-state index contributed by atoms with van der Waals surface area (Å²) in [6, 6.07) is 0. The summed E-state index contributed by atoms with van der Waals surface area (Å²) in [5.41, 5.74) is 4.23. The van der Waals surface area contributed by atoms with Crippen LogP contribution in [0.1, 0.15) is 13.8 Å². The second-order valence-corrected chi connectivity index (χ2v) is 7.34. The Morgan fingerprint density at radius 2 is 2.11 bits per heavy atom. The Balaban J connectivity index is 2.44. The van der Waals surface area contributed by atoms with Gasteiger partial charge >= 0.3 is 0 Å². The fourth-order valence-electron chi connectivity index (χ4n) is 1.72. The molecule has 1 fully saturated rings. The molecule has 18 heavy (non-hydrogen) atoms. The number of aromatic nitrogens is 2. The number of carbonyl (C=O) groups is 1. The zero-order valence-corrected chi connectivity index (χ0v) is 11.5. The lowest BCUT2D eigenvalue weighted by atomic mass is 10.0. The van der Waals surface area contributed by atoms with Crippen molar-refractivity contribution in [2.45, 2.75) is 23.7 Å². The Bertz CT molecular complexity index is 579. The van der Waals surface area contributed by atoms with Gasteiger partial charge in [-0.3, -0.25) is 4.79 Å². The van der Waals surface area contributed by atoms with Crippen LogP contribution in [0, 0.1) is 0 Å². The summed E-state index contributed by atoms with van der Waals surface area (Å²) in [4.78, 5) is 11.7. The monoisotopic (exact) mass is 291 g/mol. The standard InChI is InChI=1S/C8H13N5O3S2/c1-8(2)5(14)10-3-4-13(8)18(15,16)7-12-11-6(9)17-7/h3-4H2,1-2H3,(H2,9,11)(H,10,14). The first-order chi connectivity index (χ1) is 8.26. The predicted octanol–water partition coefficient (Wildman–Crippen LogP) is -0.981. The molecular formula is C8H13N5O3S2. The molecule has 1 amide bonds. The number of nitrogen functional groups attached to an aromatic ring is 1.